The first-order valence-electron chi connectivity index (χ1n) is 9.47. The second kappa shape index (κ2) is 8.12. The fourth-order valence-corrected chi connectivity index (χ4v) is 3.44. The first-order valence-corrected chi connectivity index (χ1v) is 9.47. The Morgan fingerprint density at radius 3 is 2.79 bits per heavy atom. The molecule has 0 bridgehead atoms. The molecule has 8 heteroatoms. The van der Waals surface area contributed by atoms with Crippen LogP contribution >= 0.6 is 0 Å². The zero-order valence-corrected chi connectivity index (χ0v) is 16.1. The molecule has 0 aliphatic rings. The van der Waals surface area contributed by atoms with Gasteiger partial charge in [0.2, 0.25) is 0 Å². The third-order valence-corrected chi connectivity index (χ3v) is 4.82. The van der Waals surface area contributed by atoms with Gasteiger partial charge in [-0.25, -0.2) is 9.97 Å². The summed E-state index contributed by atoms with van der Waals surface area (Å²) < 4.78 is 7.40. The summed E-state index contributed by atoms with van der Waals surface area (Å²) >= 11 is 0. The Morgan fingerprint density at radius 1 is 1.21 bits per heavy atom. The highest BCUT2D eigenvalue weighted by molar-refractivity contribution is 6.07. The van der Waals surface area contributed by atoms with Gasteiger partial charge in [0.25, 0.3) is 0 Å². The lowest BCUT2D eigenvalue weighted by Crippen LogP contribution is -2.21. The molecule has 0 aliphatic carbocycles. The average Bonchev–Trinajstić information content (AvgIpc) is 3.11. The zero-order chi connectivity index (χ0) is 20.4. The molecule has 4 rings (SSSR count). The standard InChI is InChI=1S/C21H23N5O3/c1-2-29-12-18-25-19-20(26(18)10-15(28)11-27)16-6-5-13(8-17(16)24-21(19)22)14-4-3-7-23-9-14/h3-9,15,27-28H,2,10-12H2,1H3,(H2,22,24). The average molecular weight is 393 g/mol. The minimum absolute atomic E-state index is 0.179. The predicted octanol–water partition coefficient (Wildman–Crippen LogP) is 2.12. The number of nitrogen functional groups attached to an aromatic ring is 1. The number of anilines is 1. The first-order chi connectivity index (χ1) is 14.1. The Bertz CT molecular complexity index is 1140. The Balaban J connectivity index is 1.94. The van der Waals surface area contributed by atoms with Gasteiger partial charge in [-0.05, 0) is 24.6 Å². The van der Waals surface area contributed by atoms with Gasteiger partial charge in [0.1, 0.15) is 17.9 Å². The summed E-state index contributed by atoms with van der Waals surface area (Å²) in [7, 11) is 0. The topological polar surface area (TPSA) is 119 Å². The Morgan fingerprint density at radius 2 is 2.07 bits per heavy atom. The van der Waals surface area contributed by atoms with Gasteiger partial charge in [0.05, 0.1) is 30.3 Å². The number of rotatable bonds is 7. The van der Waals surface area contributed by atoms with Crippen LogP contribution in [0.3, 0.4) is 0 Å². The molecule has 0 spiro atoms. The maximum atomic E-state index is 10.1. The van der Waals surface area contributed by atoms with E-state index in [1.807, 2.05) is 41.8 Å². The van der Waals surface area contributed by atoms with Crippen LogP contribution in [-0.2, 0) is 17.9 Å². The van der Waals surface area contributed by atoms with E-state index in [1.54, 1.807) is 12.4 Å². The van der Waals surface area contributed by atoms with E-state index in [1.165, 1.54) is 0 Å². The van der Waals surface area contributed by atoms with Crippen LogP contribution in [0.25, 0.3) is 33.1 Å². The SMILES string of the molecule is CCOCc1nc2c(N)nc3cc(-c4cccnc4)ccc3c2n1CC(O)CO. The van der Waals surface area contributed by atoms with Crippen LogP contribution in [0.1, 0.15) is 12.7 Å². The van der Waals surface area contributed by atoms with Crippen molar-refractivity contribution >= 4 is 27.8 Å². The molecule has 1 unspecified atom stereocenters. The highest BCUT2D eigenvalue weighted by atomic mass is 16.5. The zero-order valence-electron chi connectivity index (χ0n) is 16.1. The molecule has 1 aromatic carbocycles. The van der Waals surface area contributed by atoms with Crippen molar-refractivity contribution in [2.45, 2.75) is 26.2 Å². The van der Waals surface area contributed by atoms with Crippen LogP contribution < -0.4 is 5.73 Å². The predicted molar refractivity (Wildman–Crippen MR) is 111 cm³/mol. The van der Waals surface area contributed by atoms with Crippen molar-refractivity contribution in [3.05, 3.63) is 48.5 Å². The minimum atomic E-state index is -0.924. The Kier molecular flexibility index (Phi) is 5.39. The van der Waals surface area contributed by atoms with Crippen molar-refractivity contribution in [2.24, 2.45) is 0 Å². The largest absolute Gasteiger partial charge is 0.394 e. The van der Waals surface area contributed by atoms with Crippen LogP contribution in [0.15, 0.2) is 42.7 Å². The van der Waals surface area contributed by atoms with Gasteiger partial charge in [0.15, 0.2) is 5.82 Å². The summed E-state index contributed by atoms with van der Waals surface area (Å²) in [5, 5.41) is 20.3. The molecule has 3 aromatic heterocycles. The molecule has 29 heavy (non-hydrogen) atoms. The van der Waals surface area contributed by atoms with E-state index < -0.39 is 6.10 Å². The van der Waals surface area contributed by atoms with Crippen LogP contribution in [-0.4, -0.2) is 49.0 Å². The number of aliphatic hydroxyl groups excluding tert-OH is 2. The molecule has 1 atom stereocenters. The smallest absolute Gasteiger partial charge is 0.152 e. The summed E-state index contributed by atoms with van der Waals surface area (Å²) in [6, 6.07) is 9.80. The van der Waals surface area contributed by atoms with Crippen molar-refractivity contribution in [3.63, 3.8) is 0 Å². The maximum absolute atomic E-state index is 10.1. The molecule has 0 saturated carbocycles. The van der Waals surface area contributed by atoms with Crippen molar-refractivity contribution < 1.29 is 14.9 Å². The molecule has 4 N–H and O–H groups in total. The second-order valence-corrected chi connectivity index (χ2v) is 6.78. The molecular formula is C21H23N5O3. The Labute approximate surface area is 167 Å². The molecule has 0 aliphatic heterocycles. The molecule has 0 fully saturated rings. The van der Waals surface area contributed by atoms with Crippen LogP contribution in [0.5, 0.6) is 0 Å². The number of nitrogens with two attached hydrogens (primary N) is 1. The molecule has 4 aromatic rings. The van der Waals surface area contributed by atoms with Crippen molar-refractivity contribution in [3.8, 4) is 11.1 Å². The summed E-state index contributed by atoms with van der Waals surface area (Å²) in [6.45, 7) is 2.54. The molecular weight excluding hydrogens is 370 g/mol. The Hall–Kier alpha value is -3.07. The third kappa shape index (κ3) is 3.65. The van der Waals surface area contributed by atoms with Crippen molar-refractivity contribution in [2.75, 3.05) is 18.9 Å². The maximum Gasteiger partial charge on any atom is 0.152 e. The van der Waals surface area contributed by atoms with Gasteiger partial charge in [-0.3, -0.25) is 4.98 Å². The van der Waals surface area contributed by atoms with E-state index >= 15 is 0 Å². The number of benzene rings is 1. The summed E-state index contributed by atoms with van der Waals surface area (Å²) in [5.74, 6) is 0.942. The van der Waals surface area contributed by atoms with Gasteiger partial charge in [0, 0.05) is 30.0 Å². The van der Waals surface area contributed by atoms with Crippen molar-refractivity contribution in [1.82, 2.24) is 19.5 Å². The lowest BCUT2D eigenvalue weighted by atomic mass is 10.0. The van der Waals surface area contributed by atoms with Gasteiger partial charge in [-0.1, -0.05) is 18.2 Å². The van der Waals surface area contributed by atoms with E-state index in [2.05, 4.69) is 15.0 Å². The van der Waals surface area contributed by atoms with Gasteiger partial charge < -0.3 is 25.3 Å². The molecule has 0 radical (unpaired) electrons. The molecule has 3 heterocycles. The molecule has 0 saturated heterocycles. The lowest BCUT2D eigenvalue weighted by molar-refractivity contribution is 0.0774. The molecule has 0 amide bonds. The highest BCUT2D eigenvalue weighted by Gasteiger charge is 2.19. The fraction of sp³-hybridized carbons (Fsp3) is 0.286. The number of fused-ring (bicyclic) bond motifs is 3. The van der Waals surface area contributed by atoms with E-state index in [-0.39, 0.29) is 19.8 Å². The summed E-state index contributed by atoms with van der Waals surface area (Å²) in [6.07, 6.45) is 2.60. The second-order valence-electron chi connectivity index (χ2n) is 6.78. The van der Waals surface area contributed by atoms with Crippen LogP contribution in [0, 0.1) is 0 Å². The van der Waals surface area contributed by atoms with Crippen LogP contribution in [0.4, 0.5) is 5.82 Å². The lowest BCUT2D eigenvalue weighted by Gasteiger charge is -2.14. The number of nitrogens with zero attached hydrogens (tertiary/aromatic N) is 4. The number of hydrogen-bond donors (Lipinski definition) is 3. The normalized spacial score (nSPS) is 12.7. The van der Waals surface area contributed by atoms with E-state index in [4.69, 9.17) is 10.5 Å². The van der Waals surface area contributed by atoms with Gasteiger partial charge in [-0.2, -0.15) is 0 Å². The number of imidazole rings is 1. The number of aromatic nitrogens is 4. The summed E-state index contributed by atoms with van der Waals surface area (Å²) in [5.41, 5.74) is 10.2. The summed E-state index contributed by atoms with van der Waals surface area (Å²) in [4.78, 5) is 13.3. The van der Waals surface area contributed by atoms with Crippen LogP contribution in [0.2, 0.25) is 0 Å². The third-order valence-electron chi connectivity index (χ3n) is 4.82. The van der Waals surface area contributed by atoms with Gasteiger partial charge >= 0.3 is 0 Å². The number of pyridine rings is 2. The first kappa shape index (κ1) is 19.3. The fourth-order valence-electron chi connectivity index (χ4n) is 3.44. The molecule has 150 valence electrons. The number of aliphatic hydroxyl groups is 2. The minimum Gasteiger partial charge on any atom is -0.394 e. The van der Waals surface area contributed by atoms with E-state index in [0.717, 1.165) is 27.5 Å². The van der Waals surface area contributed by atoms with Crippen molar-refractivity contribution in [1.29, 1.82) is 0 Å². The van der Waals surface area contributed by atoms with E-state index in [0.29, 0.717) is 23.8 Å². The molecule has 8 nitrogen and oxygen atoms in total. The van der Waals surface area contributed by atoms with Gasteiger partial charge in [-0.15, -0.1) is 0 Å². The van der Waals surface area contributed by atoms with E-state index in [9.17, 15) is 10.2 Å². The number of hydrogen-bond acceptors (Lipinski definition) is 7. The monoisotopic (exact) mass is 393 g/mol. The number of ether oxygens (including phenoxy) is 1. The highest BCUT2D eigenvalue weighted by Crippen LogP contribution is 2.32. The quantitative estimate of drug-likeness (QED) is 0.440.